The molecule has 0 unspecified atom stereocenters. The van der Waals surface area contributed by atoms with E-state index in [1.165, 1.54) is 42.6 Å². The van der Waals surface area contributed by atoms with Crippen molar-refractivity contribution in [1.29, 1.82) is 0 Å². The standard InChI is InChI=1S/C22H18N8O4/c31-18-11-6-14(12-19(18)32)13-23-29-22-27-20(24-15-4-2-1-3-5-15)26-21(28-22)25-16-7-9-17(10-8-16)30(33)34/h1-13,31-32H,(H3,24,25,26,27,28,29)/b23-13+. The molecule has 170 valence electrons. The zero-order valence-corrected chi connectivity index (χ0v) is 17.5. The first-order valence-electron chi connectivity index (χ1n) is 9.87. The van der Waals surface area contributed by atoms with E-state index in [0.717, 1.165) is 5.69 Å². The summed E-state index contributed by atoms with van der Waals surface area (Å²) in [6.45, 7) is 0. The summed E-state index contributed by atoms with van der Waals surface area (Å²) in [4.78, 5) is 23.3. The minimum atomic E-state index is -0.484. The Labute approximate surface area is 192 Å². The summed E-state index contributed by atoms with van der Waals surface area (Å²) in [6.07, 6.45) is 1.41. The third-order valence-corrected chi connectivity index (χ3v) is 4.38. The molecule has 1 heterocycles. The Morgan fingerprint density at radius 2 is 1.41 bits per heavy atom. The number of hydrazone groups is 1. The van der Waals surface area contributed by atoms with Crippen molar-refractivity contribution in [2.45, 2.75) is 0 Å². The van der Waals surface area contributed by atoms with Crippen LogP contribution in [0.5, 0.6) is 11.5 Å². The van der Waals surface area contributed by atoms with Crippen molar-refractivity contribution >= 4 is 41.1 Å². The van der Waals surface area contributed by atoms with Gasteiger partial charge in [-0.25, -0.2) is 5.43 Å². The number of nitrogens with one attached hydrogen (secondary N) is 3. The largest absolute Gasteiger partial charge is 0.504 e. The molecule has 0 aliphatic carbocycles. The molecule has 0 saturated carbocycles. The van der Waals surface area contributed by atoms with Gasteiger partial charge in [0.05, 0.1) is 11.1 Å². The van der Waals surface area contributed by atoms with Gasteiger partial charge in [-0.3, -0.25) is 10.1 Å². The Hall–Kier alpha value is -5.26. The highest BCUT2D eigenvalue weighted by atomic mass is 16.6. The normalized spacial score (nSPS) is 10.7. The molecule has 0 radical (unpaired) electrons. The summed E-state index contributed by atoms with van der Waals surface area (Å²) >= 11 is 0. The molecule has 4 rings (SSSR count). The lowest BCUT2D eigenvalue weighted by Gasteiger charge is -2.10. The van der Waals surface area contributed by atoms with E-state index in [1.807, 2.05) is 30.3 Å². The number of aromatic hydroxyl groups is 2. The molecule has 0 bridgehead atoms. The molecule has 0 amide bonds. The second kappa shape index (κ2) is 9.91. The number of rotatable bonds is 8. The van der Waals surface area contributed by atoms with E-state index in [0.29, 0.717) is 11.3 Å². The van der Waals surface area contributed by atoms with Crippen LogP contribution in [0.4, 0.5) is 34.9 Å². The third-order valence-electron chi connectivity index (χ3n) is 4.38. The first-order chi connectivity index (χ1) is 16.5. The molecule has 34 heavy (non-hydrogen) atoms. The maximum Gasteiger partial charge on any atom is 0.269 e. The van der Waals surface area contributed by atoms with Gasteiger partial charge >= 0.3 is 0 Å². The zero-order chi connectivity index (χ0) is 23.9. The summed E-state index contributed by atoms with van der Waals surface area (Å²) in [5.41, 5.74) is 4.48. The van der Waals surface area contributed by atoms with Crippen LogP contribution in [-0.2, 0) is 0 Å². The molecule has 0 atom stereocenters. The fourth-order valence-electron chi connectivity index (χ4n) is 2.77. The number of hydrogen-bond donors (Lipinski definition) is 5. The van der Waals surface area contributed by atoms with Crippen molar-refractivity contribution in [1.82, 2.24) is 15.0 Å². The second-order valence-electron chi connectivity index (χ2n) is 6.84. The minimum absolute atomic E-state index is 0.0374. The van der Waals surface area contributed by atoms with Gasteiger partial charge < -0.3 is 20.8 Å². The molecule has 12 heteroatoms. The molecule has 12 nitrogen and oxygen atoms in total. The molecule has 0 aliphatic heterocycles. The Balaban J connectivity index is 1.57. The second-order valence-corrected chi connectivity index (χ2v) is 6.84. The summed E-state index contributed by atoms with van der Waals surface area (Å²) in [7, 11) is 0. The van der Waals surface area contributed by atoms with Crippen molar-refractivity contribution in [2.75, 3.05) is 16.1 Å². The first kappa shape index (κ1) is 22.0. The number of para-hydroxylation sites is 1. The Bertz CT molecular complexity index is 1330. The number of nitrogens with zero attached hydrogens (tertiary/aromatic N) is 5. The minimum Gasteiger partial charge on any atom is -0.504 e. The number of nitro benzene ring substituents is 1. The van der Waals surface area contributed by atoms with Gasteiger partial charge in [0.25, 0.3) is 5.69 Å². The maximum atomic E-state index is 10.9. The van der Waals surface area contributed by atoms with Gasteiger partial charge in [0, 0.05) is 23.5 Å². The highest BCUT2D eigenvalue weighted by Gasteiger charge is 2.09. The van der Waals surface area contributed by atoms with E-state index < -0.39 is 4.92 Å². The van der Waals surface area contributed by atoms with Crippen molar-refractivity contribution in [3.8, 4) is 11.5 Å². The Morgan fingerprint density at radius 1 is 0.794 bits per heavy atom. The van der Waals surface area contributed by atoms with Crippen LogP contribution in [0.1, 0.15) is 5.56 Å². The molecule has 0 saturated heterocycles. The van der Waals surface area contributed by atoms with Crippen LogP contribution in [0.25, 0.3) is 0 Å². The zero-order valence-electron chi connectivity index (χ0n) is 17.5. The predicted molar refractivity (Wildman–Crippen MR) is 127 cm³/mol. The summed E-state index contributed by atoms with van der Waals surface area (Å²) in [6, 6.07) is 19.3. The highest BCUT2D eigenvalue weighted by Crippen LogP contribution is 2.24. The Morgan fingerprint density at radius 3 is 2.03 bits per heavy atom. The van der Waals surface area contributed by atoms with Crippen molar-refractivity contribution in [3.05, 3.63) is 88.5 Å². The summed E-state index contributed by atoms with van der Waals surface area (Å²) < 4.78 is 0. The quantitative estimate of drug-likeness (QED) is 0.112. The van der Waals surface area contributed by atoms with Crippen LogP contribution >= 0.6 is 0 Å². The molecule has 5 N–H and O–H groups in total. The number of aromatic nitrogens is 3. The number of phenols is 2. The van der Waals surface area contributed by atoms with E-state index in [-0.39, 0.29) is 35.0 Å². The lowest BCUT2D eigenvalue weighted by molar-refractivity contribution is -0.384. The molecule has 4 aromatic rings. The number of hydrogen-bond acceptors (Lipinski definition) is 11. The smallest absolute Gasteiger partial charge is 0.269 e. The number of anilines is 5. The molecule has 1 aromatic heterocycles. The van der Waals surface area contributed by atoms with Gasteiger partial charge in [-0.05, 0) is 48.0 Å². The number of nitro groups is 1. The fraction of sp³-hybridized carbons (Fsp3) is 0. The SMILES string of the molecule is O=[N+]([O-])c1ccc(Nc2nc(N/N=C/c3ccc(O)c(O)c3)nc(Nc3ccccc3)n2)cc1. The van der Waals surface area contributed by atoms with Gasteiger partial charge in [-0.1, -0.05) is 18.2 Å². The van der Waals surface area contributed by atoms with Crippen LogP contribution in [0.2, 0.25) is 0 Å². The lowest BCUT2D eigenvalue weighted by atomic mass is 10.2. The molecule has 0 fully saturated rings. The van der Waals surface area contributed by atoms with Gasteiger partial charge in [0.15, 0.2) is 11.5 Å². The lowest BCUT2D eigenvalue weighted by Crippen LogP contribution is -2.07. The van der Waals surface area contributed by atoms with Gasteiger partial charge in [-0.15, -0.1) is 0 Å². The van der Waals surface area contributed by atoms with Crippen LogP contribution in [0, 0.1) is 10.1 Å². The summed E-state index contributed by atoms with van der Waals surface area (Å²) in [5, 5.41) is 40.0. The van der Waals surface area contributed by atoms with Crippen LogP contribution in [0.3, 0.4) is 0 Å². The first-order valence-corrected chi connectivity index (χ1v) is 9.87. The maximum absolute atomic E-state index is 10.9. The van der Waals surface area contributed by atoms with E-state index in [9.17, 15) is 20.3 Å². The predicted octanol–water partition coefficient (Wildman–Crippen LogP) is 4.12. The molecular formula is C22H18N8O4. The summed E-state index contributed by atoms with van der Waals surface area (Å²) in [5.74, 6) is -0.000785. The van der Waals surface area contributed by atoms with Crippen molar-refractivity contribution in [2.24, 2.45) is 5.10 Å². The number of non-ortho nitro benzene ring substituents is 1. The Kier molecular flexibility index (Phi) is 6.40. The van der Waals surface area contributed by atoms with E-state index >= 15 is 0 Å². The monoisotopic (exact) mass is 458 g/mol. The fourth-order valence-corrected chi connectivity index (χ4v) is 2.77. The van der Waals surface area contributed by atoms with E-state index in [1.54, 1.807) is 6.07 Å². The molecular weight excluding hydrogens is 440 g/mol. The topological polar surface area (TPSA) is 171 Å². The van der Waals surface area contributed by atoms with Crippen LogP contribution in [-0.4, -0.2) is 36.3 Å². The van der Waals surface area contributed by atoms with Gasteiger partial charge in [0.2, 0.25) is 17.8 Å². The third kappa shape index (κ3) is 5.70. The highest BCUT2D eigenvalue weighted by molar-refractivity contribution is 5.81. The van der Waals surface area contributed by atoms with Gasteiger partial charge in [-0.2, -0.15) is 20.1 Å². The van der Waals surface area contributed by atoms with E-state index in [4.69, 9.17) is 0 Å². The average molecular weight is 458 g/mol. The molecule has 3 aromatic carbocycles. The number of benzene rings is 3. The molecule has 0 spiro atoms. The van der Waals surface area contributed by atoms with Crippen molar-refractivity contribution in [3.63, 3.8) is 0 Å². The van der Waals surface area contributed by atoms with Crippen molar-refractivity contribution < 1.29 is 15.1 Å². The van der Waals surface area contributed by atoms with Crippen LogP contribution < -0.4 is 16.1 Å². The average Bonchev–Trinajstić information content (AvgIpc) is 2.82. The van der Waals surface area contributed by atoms with Gasteiger partial charge in [0.1, 0.15) is 0 Å². The van der Waals surface area contributed by atoms with E-state index in [2.05, 4.69) is 36.1 Å². The molecule has 0 aliphatic rings. The van der Waals surface area contributed by atoms with Crippen LogP contribution in [0.15, 0.2) is 77.9 Å². The number of phenolic OH excluding ortho intramolecular Hbond substituents is 2.